The molecule has 2 nitrogen and oxygen atoms in total. The average molecular weight is 178 g/mol. The molecule has 1 atom stereocenters. The van der Waals surface area contributed by atoms with Gasteiger partial charge in [-0.1, -0.05) is 30.3 Å². The minimum absolute atomic E-state index is 0.306. The summed E-state index contributed by atoms with van der Waals surface area (Å²) in [4.78, 5) is 0. The smallest absolute Gasteiger partial charge is 0.0834 e. The third-order valence-corrected chi connectivity index (χ3v) is 2.22. The van der Waals surface area contributed by atoms with Gasteiger partial charge in [-0.3, -0.25) is 0 Å². The maximum absolute atomic E-state index is 5.66. The molecule has 1 unspecified atom stereocenters. The van der Waals surface area contributed by atoms with Gasteiger partial charge in [0.05, 0.1) is 19.3 Å². The Hall–Kier alpha value is -0.860. The van der Waals surface area contributed by atoms with E-state index in [0.29, 0.717) is 12.7 Å². The van der Waals surface area contributed by atoms with Gasteiger partial charge in [-0.05, 0) is 12.0 Å². The van der Waals surface area contributed by atoms with Gasteiger partial charge >= 0.3 is 0 Å². The summed E-state index contributed by atoms with van der Waals surface area (Å²) in [6.45, 7) is 2.31. The van der Waals surface area contributed by atoms with E-state index >= 15 is 0 Å². The summed E-state index contributed by atoms with van der Waals surface area (Å²) in [5, 5.41) is 0. The molecule has 0 radical (unpaired) electrons. The van der Waals surface area contributed by atoms with Gasteiger partial charge in [0.25, 0.3) is 0 Å². The zero-order valence-corrected chi connectivity index (χ0v) is 7.61. The van der Waals surface area contributed by atoms with Crippen molar-refractivity contribution in [2.45, 2.75) is 19.1 Å². The van der Waals surface area contributed by atoms with Gasteiger partial charge in [0.1, 0.15) is 0 Å². The van der Waals surface area contributed by atoms with Crippen LogP contribution in [-0.2, 0) is 16.1 Å². The van der Waals surface area contributed by atoms with Crippen molar-refractivity contribution in [3.63, 3.8) is 0 Å². The summed E-state index contributed by atoms with van der Waals surface area (Å²) < 4.78 is 10.9. The van der Waals surface area contributed by atoms with E-state index in [1.54, 1.807) is 0 Å². The van der Waals surface area contributed by atoms with Gasteiger partial charge in [0.15, 0.2) is 0 Å². The molecule has 1 aliphatic rings. The molecule has 1 aliphatic heterocycles. The number of benzene rings is 1. The van der Waals surface area contributed by atoms with E-state index in [0.717, 1.165) is 19.6 Å². The van der Waals surface area contributed by atoms with Gasteiger partial charge in [-0.15, -0.1) is 0 Å². The Kier molecular flexibility index (Phi) is 2.95. The molecule has 0 saturated carbocycles. The van der Waals surface area contributed by atoms with Crippen molar-refractivity contribution >= 4 is 0 Å². The number of hydrogen-bond donors (Lipinski definition) is 0. The Labute approximate surface area is 78.5 Å². The first-order valence-corrected chi connectivity index (χ1v) is 4.68. The predicted molar refractivity (Wildman–Crippen MR) is 50.5 cm³/mol. The maximum Gasteiger partial charge on any atom is 0.0834 e. The van der Waals surface area contributed by atoms with Gasteiger partial charge in [-0.2, -0.15) is 0 Å². The molecule has 2 heteroatoms. The minimum Gasteiger partial charge on any atom is -0.379 e. The molecule has 13 heavy (non-hydrogen) atoms. The molecule has 0 spiro atoms. The van der Waals surface area contributed by atoms with Gasteiger partial charge in [-0.25, -0.2) is 0 Å². The lowest BCUT2D eigenvalue weighted by molar-refractivity contribution is 0.0317. The largest absolute Gasteiger partial charge is 0.379 e. The van der Waals surface area contributed by atoms with Crippen molar-refractivity contribution in [1.29, 1.82) is 0 Å². The highest BCUT2D eigenvalue weighted by Crippen LogP contribution is 2.11. The van der Waals surface area contributed by atoms with Crippen molar-refractivity contribution < 1.29 is 9.47 Å². The van der Waals surface area contributed by atoms with Crippen LogP contribution in [0.2, 0.25) is 0 Å². The second kappa shape index (κ2) is 4.40. The van der Waals surface area contributed by atoms with Gasteiger partial charge in [0, 0.05) is 6.61 Å². The van der Waals surface area contributed by atoms with Crippen LogP contribution in [-0.4, -0.2) is 19.3 Å². The fourth-order valence-electron chi connectivity index (χ4n) is 1.43. The van der Waals surface area contributed by atoms with Crippen LogP contribution in [0.3, 0.4) is 0 Å². The molecule has 1 saturated heterocycles. The highest BCUT2D eigenvalue weighted by Gasteiger charge is 2.15. The third-order valence-electron chi connectivity index (χ3n) is 2.22. The van der Waals surface area contributed by atoms with E-state index in [-0.39, 0.29) is 0 Å². The van der Waals surface area contributed by atoms with Crippen molar-refractivity contribution in [2.75, 3.05) is 13.2 Å². The summed E-state index contributed by atoms with van der Waals surface area (Å²) in [7, 11) is 0. The monoisotopic (exact) mass is 178 g/mol. The SMILES string of the molecule is c1ccc(COC2CCOC2)cc1. The third kappa shape index (κ3) is 2.54. The van der Waals surface area contributed by atoms with E-state index in [2.05, 4.69) is 12.1 Å². The van der Waals surface area contributed by atoms with Crippen LogP contribution in [0, 0.1) is 0 Å². The molecule has 2 rings (SSSR count). The fourth-order valence-corrected chi connectivity index (χ4v) is 1.43. The van der Waals surface area contributed by atoms with E-state index in [4.69, 9.17) is 9.47 Å². The van der Waals surface area contributed by atoms with Crippen molar-refractivity contribution in [3.05, 3.63) is 35.9 Å². The molecule has 0 amide bonds. The second-order valence-electron chi connectivity index (χ2n) is 3.28. The average Bonchev–Trinajstić information content (AvgIpc) is 2.69. The highest BCUT2D eigenvalue weighted by molar-refractivity contribution is 5.13. The first-order chi connectivity index (χ1) is 6.45. The second-order valence-corrected chi connectivity index (χ2v) is 3.28. The molecule has 1 fully saturated rings. The van der Waals surface area contributed by atoms with Crippen molar-refractivity contribution in [2.24, 2.45) is 0 Å². The zero-order valence-electron chi connectivity index (χ0n) is 7.61. The summed E-state index contributed by atoms with van der Waals surface area (Å²) in [6, 6.07) is 10.2. The lowest BCUT2D eigenvalue weighted by atomic mass is 10.2. The molecule has 0 N–H and O–H groups in total. The Morgan fingerprint density at radius 3 is 2.85 bits per heavy atom. The summed E-state index contributed by atoms with van der Waals surface area (Å²) in [6.07, 6.45) is 1.34. The van der Waals surface area contributed by atoms with Crippen LogP contribution in [0.1, 0.15) is 12.0 Å². The molecular formula is C11H14O2. The van der Waals surface area contributed by atoms with Crippen molar-refractivity contribution in [1.82, 2.24) is 0 Å². The van der Waals surface area contributed by atoms with Crippen LogP contribution in [0.4, 0.5) is 0 Å². The molecule has 70 valence electrons. The number of rotatable bonds is 3. The van der Waals surface area contributed by atoms with Gasteiger partial charge < -0.3 is 9.47 Å². The van der Waals surface area contributed by atoms with E-state index in [1.165, 1.54) is 5.56 Å². The van der Waals surface area contributed by atoms with Crippen LogP contribution in [0.15, 0.2) is 30.3 Å². The molecule has 0 aliphatic carbocycles. The van der Waals surface area contributed by atoms with Crippen LogP contribution < -0.4 is 0 Å². The maximum atomic E-state index is 5.66. The number of ether oxygens (including phenoxy) is 2. The molecule has 1 aromatic rings. The van der Waals surface area contributed by atoms with E-state index in [1.807, 2.05) is 18.2 Å². The van der Waals surface area contributed by atoms with Gasteiger partial charge in [0.2, 0.25) is 0 Å². The normalized spacial score (nSPS) is 22.0. The minimum atomic E-state index is 0.306. The summed E-state index contributed by atoms with van der Waals surface area (Å²) in [5.74, 6) is 0. The quantitative estimate of drug-likeness (QED) is 0.704. The molecule has 1 aromatic carbocycles. The highest BCUT2D eigenvalue weighted by atomic mass is 16.5. The standard InChI is InChI=1S/C11H14O2/c1-2-4-10(5-3-1)8-13-11-6-7-12-9-11/h1-5,11H,6-9H2. The van der Waals surface area contributed by atoms with Crippen molar-refractivity contribution in [3.8, 4) is 0 Å². The fraction of sp³-hybridized carbons (Fsp3) is 0.455. The van der Waals surface area contributed by atoms with Crippen LogP contribution >= 0.6 is 0 Å². The Morgan fingerprint density at radius 2 is 2.15 bits per heavy atom. The molecular weight excluding hydrogens is 164 g/mol. The van der Waals surface area contributed by atoms with E-state index in [9.17, 15) is 0 Å². The summed E-state index contributed by atoms with van der Waals surface area (Å²) >= 11 is 0. The molecule has 0 bridgehead atoms. The number of hydrogen-bond acceptors (Lipinski definition) is 2. The predicted octanol–water partition coefficient (Wildman–Crippen LogP) is 1.99. The van der Waals surface area contributed by atoms with Crippen LogP contribution in [0.5, 0.6) is 0 Å². The first kappa shape index (κ1) is 8.73. The molecule has 1 heterocycles. The van der Waals surface area contributed by atoms with E-state index < -0.39 is 0 Å². The first-order valence-electron chi connectivity index (χ1n) is 4.68. The topological polar surface area (TPSA) is 18.5 Å². The Balaban J connectivity index is 1.79. The van der Waals surface area contributed by atoms with Crippen LogP contribution in [0.25, 0.3) is 0 Å². The Bertz CT molecular complexity index is 240. The Morgan fingerprint density at radius 1 is 1.31 bits per heavy atom. The molecule has 0 aromatic heterocycles. The zero-order chi connectivity index (χ0) is 8.93. The lowest BCUT2D eigenvalue weighted by Gasteiger charge is -2.09. The lowest BCUT2D eigenvalue weighted by Crippen LogP contribution is -2.11. The summed E-state index contributed by atoms with van der Waals surface area (Å²) in [5.41, 5.74) is 1.23.